The van der Waals surface area contributed by atoms with Crippen molar-refractivity contribution < 1.29 is 48.0 Å². The van der Waals surface area contributed by atoms with Crippen LogP contribution in [-0.2, 0) is 27.1 Å². The summed E-state index contributed by atoms with van der Waals surface area (Å²) in [5.74, 6) is 1.78. The predicted molar refractivity (Wildman–Crippen MR) is 206 cm³/mol. The molecule has 3 heterocycles. The number of amides is 1. The number of carbonyl (C=O) groups excluding carboxylic acids is 1. The van der Waals surface area contributed by atoms with E-state index < -0.39 is 42.1 Å². The van der Waals surface area contributed by atoms with Gasteiger partial charge in [0, 0.05) is 48.2 Å². The third-order valence-electron chi connectivity index (χ3n) is 8.54. The summed E-state index contributed by atoms with van der Waals surface area (Å²) in [6.45, 7) is 11.7. The average molecular weight is 823 g/mol. The van der Waals surface area contributed by atoms with Crippen LogP contribution in [-0.4, -0.2) is 77.6 Å². The van der Waals surface area contributed by atoms with Crippen LogP contribution < -0.4 is 25.1 Å². The second-order valence-electron chi connectivity index (χ2n) is 13.5. The number of aromatic nitrogens is 2. The SMILES string of the molecule is C#CCN1C(=O)COc2cc(F)c(/N=c3\snc4n3CC(C)(C)C4)cc21.CCC(CC)Nc1c([N+](=O)[O-])cc(C)c(C)c1[N+](=O)[O-].O=C(O)CNCP(=O)(O)O. The topological polar surface area (TPSA) is 265 Å². The van der Waals surface area contributed by atoms with Crippen LogP contribution in [0.3, 0.4) is 0 Å². The number of halogens is 1. The molecule has 0 saturated carbocycles. The van der Waals surface area contributed by atoms with Crippen molar-refractivity contribution in [2.75, 3.05) is 36.2 Å². The first-order valence-electron chi connectivity index (χ1n) is 17.1. The quantitative estimate of drug-likeness (QED) is 0.0713. The van der Waals surface area contributed by atoms with Gasteiger partial charge in [-0.15, -0.1) is 6.42 Å². The number of nitro benzene ring substituents is 2. The van der Waals surface area contributed by atoms with Crippen LogP contribution in [0.4, 0.5) is 32.8 Å². The zero-order chi connectivity index (χ0) is 42.1. The van der Waals surface area contributed by atoms with Crippen LogP contribution in [0.25, 0.3) is 0 Å². The zero-order valence-electron chi connectivity index (χ0n) is 31.6. The Labute approximate surface area is 325 Å². The first-order chi connectivity index (χ1) is 26.1. The highest BCUT2D eigenvalue weighted by atomic mass is 32.1. The third-order valence-corrected chi connectivity index (χ3v) is 9.95. The lowest BCUT2D eigenvalue weighted by Gasteiger charge is -2.28. The molecular formula is C34H44FN8O11PS. The molecule has 0 spiro atoms. The molecule has 0 aliphatic carbocycles. The Morgan fingerprint density at radius 3 is 2.43 bits per heavy atom. The first kappa shape index (κ1) is 45.1. The number of carbonyl (C=O) groups is 2. The lowest BCUT2D eigenvalue weighted by molar-refractivity contribution is -0.392. The molecule has 2 aliphatic heterocycles. The van der Waals surface area contributed by atoms with E-state index in [4.69, 9.17) is 26.1 Å². The molecular weight excluding hydrogens is 778 g/mol. The number of hydrogen-bond donors (Lipinski definition) is 5. The van der Waals surface area contributed by atoms with Crippen molar-refractivity contribution in [1.29, 1.82) is 0 Å². The Kier molecular flexibility index (Phi) is 15.4. The molecule has 1 amide bonds. The van der Waals surface area contributed by atoms with Crippen molar-refractivity contribution in [3.63, 3.8) is 0 Å². The minimum atomic E-state index is -4.10. The van der Waals surface area contributed by atoms with Gasteiger partial charge < -0.3 is 29.5 Å². The molecule has 2 aliphatic rings. The highest BCUT2D eigenvalue weighted by Crippen LogP contribution is 2.40. The van der Waals surface area contributed by atoms with E-state index in [-0.39, 0.29) is 53.3 Å². The van der Waals surface area contributed by atoms with Crippen LogP contribution in [0.2, 0.25) is 0 Å². The van der Waals surface area contributed by atoms with Gasteiger partial charge in [0.2, 0.25) is 4.80 Å². The number of rotatable bonds is 12. The second-order valence-corrected chi connectivity index (χ2v) is 15.9. The van der Waals surface area contributed by atoms with Gasteiger partial charge in [0.05, 0.1) is 34.9 Å². The number of carboxylic acids is 1. The van der Waals surface area contributed by atoms with Gasteiger partial charge >= 0.3 is 19.3 Å². The minimum Gasteiger partial charge on any atom is -0.481 e. The van der Waals surface area contributed by atoms with Crippen LogP contribution in [0.5, 0.6) is 5.75 Å². The van der Waals surface area contributed by atoms with Gasteiger partial charge in [0.1, 0.15) is 17.3 Å². The summed E-state index contributed by atoms with van der Waals surface area (Å²) in [5.41, 5.74) is 1.23. The summed E-state index contributed by atoms with van der Waals surface area (Å²) < 4.78 is 36.4. The molecule has 22 heteroatoms. The van der Waals surface area contributed by atoms with Gasteiger partial charge in [-0.05, 0) is 43.7 Å². The summed E-state index contributed by atoms with van der Waals surface area (Å²) >= 11 is 1.24. The molecule has 0 atom stereocenters. The standard InChI is InChI=1S/C18H17FN4O2S.C13H19N3O4.C3H8NO5P/c1-4-5-22-13-7-12(11(19)6-14(13)25-9-16(22)24)20-17-23-10-18(2,3)8-15(23)21-26-17;1-5-10(6-2)14-12-11(15(17)18)7-8(3)9(4)13(12)16(19)20;5-3(6)1-4-2-10(7,8)9/h1,6-7H,5,8-10H2,2-3H3;7,10,14H,5-6H2,1-4H3;4H,1-2H2,(H,5,6)(H2,7,8,9)/b20-17-;;. The van der Waals surface area contributed by atoms with Crippen molar-refractivity contribution in [2.24, 2.45) is 10.4 Å². The maximum absolute atomic E-state index is 14.5. The third kappa shape index (κ3) is 11.9. The maximum atomic E-state index is 14.5. The Hall–Kier alpha value is -5.26. The highest BCUT2D eigenvalue weighted by Gasteiger charge is 2.32. The van der Waals surface area contributed by atoms with E-state index in [1.165, 1.54) is 34.6 Å². The van der Waals surface area contributed by atoms with Crippen molar-refractivity contribution in [1.82, 2.24) is 14.3 Å². The molecule has 56 heavy (non-hydrogen) atoms. The van der Waals surface area contributed by atoms with Crippen molar-refractivity contribution in [3.8, 4) is 18.1 Å². The van der Waals surface area contributed by atoms with E-state index in [2.05, 4.69) is 39.8 Å². The van der Waals surface area contributed by atoms with Crippen LogP contribution in [0.15, 0.2) is 23.2 Å². The van der Waals surface area contributed by atoms with E-state index in [1.54, 1.807) is 13.8 Å². The number of carboxylic acid groups (broad SMARTS) is 1. The highest BCUT2D eigenvalue weighted by molar-refractivity contribution is 7.51. The van der Waals surface area contributed by atoms with Gasteiger partial charge in [-0.1, -0.05) is 33.6 Å². The number of nitrogens with zero attached hydrogens (tertiary/aromatic N) is 6. The molecule has 5 rings (SSSR count). The molecule has 0 bridgehead atoms. The van der Waals surface area contributed by atoms with E-state index in [1.807, 2.05) is 18.4 Å². The average Bonchev–Trinajstić information content (AvgIpc) is 3.61. The van der Waals surface area contributed by atoms with Crippen LogP contribution >= 0.6 is 19.1 Å². The molecule has 19 nitrogen and oxygen atoms in total. The smallest absolute Gasteiger partial charge is 0.339 e. The lowest BCUT2D eigenvalue weighted by atomic mass is 9.92. The minimum absolute atomic E-state index is 0.0109. The monoisotopic (exact) mass is 822 g/mol. The Morgan fingerprint density at radius 2 is 1.88 bits per heavy atom. The fourth-order valence-corrected chi connectivity index (χ4v) is 6.81. The molecule has 3 aromatic rings. The molecule has 5 N–H and O–H groups in total. The summed E-state index contributed by atoms with van der Waals surface area (Å²) in [4.78, 5) is 66.0. The van der Waals surface area contributed by atoms with Gasteiger partial charge in [-0.3, -0.25) is 44.6 Å². The molecule has 0 fully saturated rings. The summed E-state index contributed by atoms with van der Waals surface area (Å²) in [6, 6.07) is 4.10. The normalized spacial score (nSPS) is 14.3. The predicted octanol–water partition coefficient (Wildman–Crippen LogP) is 4.77. The fourth-order valence-electron chi connectivity index (χ4n) is 5.65. The second kappa shape index (κ2) is 19.1. The number of fused-ring (bicyclic) bond motifs is 2. The number of aryl methyl sites for hydroxylation is 1. The van der Waals surface area contributed by atoms with Crippen LogP contribution in [0.1, 0.15) is 57.5 Å². The number of terminal acetylenes is 1. The van der Waals surface area contributed by atoms with Crippen molar-refractivity contribution >= 4 is 59.4 Å². The molecule has 0 saturated heterocycles. The van der Waals surface area contributed by atoms with E-state index >= 15 is 0 Å². The maximum Gasteiger partial charge on any atom is 0.339 e. The Morgan fingerprint density at radius 1 is 1.21 bits per heavy atom. The number of aliphatic carboxylic acids is 1. The summed E-state index contributed by atoms with van der Waals surface area (Å²) in [6.07, 6.45) is 7.09. The molecule has 0 unspecified atom stereocenters. The first-order valence-corrected chi connectivity index (χ1v) is 19.7. The number of anilines is 2. The van der Waals surface area contributed by atoms with Gasteiger partial charge in [0.15, 0.2) is 18.1 Å². The number of hydrogen-bond acceptors (Lipinski definition) is 13. The lowest BCUT2D eigenvalue weighted by Crippen LogP contribution is -2.39. The van der Waals surface area contributed by atoms with E-state index in [9.17, 15) is 38.8 Å². The number of nitrogens with one attached hydrogen (secondary N) is 2. The number of nitro groups is 2. The molecule has 1 aromatic heterocycles. The molecule has 0 radical (unpaired) electrons. The molecule has 304 valence electrons. The largest absolute Gasteiger partial charge is 0.481 e. The van der Waals surface area contributed by atoms with Gasteiger partial charge in [-0.25, -0.2) is 9.38 Å². The van der Waals surface area contributed by atoms with Gasteiger partial charge in [-0.2, -0.15) is 4.37 Å². The zero-order valence-corrected chi connectivity index (χ0v) is 33.3. The van der Waals surface area contributed by atoms with Crippen molar-refractivity contribution in [3.05, 3.63) is 66.0 Å². The number of benzene rings is 2. The van der Waals surface area contributed by atoms with Crippen molar-refractivity contribution in [2.45, 2.75) is 73.4 Å². The van der Waals surface area contributed by atoms with E-state index in [0.717, 1.165) is 31.6 Å². The Balaban J connectivity index is 0.000000249. The van der Waals surface area contributed by atoms with Crippen LogP contribution in [0, 0.1) is 57.7 Å². The summed E-state index contributed by atoms with van der Waals surface area (Å²) in [7, 11) is -4.10. The van der Waals surface area contributed by atoms with Gasteiger partial charge in [0.25, 0.3) is 11.6 Å². The summed E-state index contributed by atoms with van der Waals surface area (Å²) in [5, 5.41) is 35.5. The number of ether oxygens (including phenoxy) is 1. The Bertz CT molecular complexity index is 2140. The molecule has 2 aromatic carbocycles. The van der Waals surface area contributed by atoms with E-state index in [0.29, 0.717) is 27.4 Å². The fraction of sp³-hybridized carbons (Fsp3) is 0.471.